The van der Waals surface area contributed by atoms with Gasteiger partial charge >= 0.3 is 0 Å². The Bertz CT molecular complexity index is 1150. The van der Waals surface area contributed by atoms with Crippen LogP contribution in [-0.2, 0) is 7.05 Å². The van der Waals surface area contributed by atoms with Gasteiger partial charge in [-0.25, -0.2) is 9.97 Å². The number of fused-ring (bicyclic) bond motifs is 1. The number of nitrogens with zero attached hydrogens (tertiary/aromatic N) is 7. The number of methoxy groups -OCH3 is 2. The number of ether oxygens (including phenoxy) is 2. The molecule has 1 aromatic carbocycles. The van der Waals surface area contributed by atoms with Gasteiger partial charge in [-0.3, -0.25) is 19.6 Å². The normalized spacial score (nSPS) is 14.0. The molecule has 3 aromatic rings. The fourth-order valence-corrected chi connectivity index (χ4v) is 3.68. The van der Waals surface area contributed by atoms with E-state index in [0.717, 1.165) is 16.9 Å². The number of nitro groups is 1. The number of aryl methyl sites for hydroxylation is 1. The number of piperazine rings is 1. The van der Waals surface area contributed by atoms with Gasteiger partial charge < -0.3 is 19.3 Å². The van der Waals surface area contributed by atoms with Crippen molar-refractivity contribution in [3.8, 4) is 11.5 Å². The highest BCUT2D eigenvalue weighted by molar-refractivity contribution is 5.99. The summed E-state index contributed by atoms with van der Waals surface area (Å²) in [4.78, 5) is 36.4. The Morgan fingerprint density at radius 3 is 2.42 bits per heavy atom. The van der Waals surface area contributed by atoms with Gasteiger partial charge in [0.15, 0.2) is 17.1 Å². The van der Waals surface area contributed by atoms with Crippen molar-refractivity contribution in [3.63, 3.8) is 0 Å². The van der Waals surface area contributed by atoms with Crippen LogP contribution in [0.4, 0.5) is 11.5 Å². The van der Waals surface area contributed by atoms with Crippen molar-refractivity contribution in [3.05, 3.63) is 40.3 Å². The monoisotopic (exact) mass is 427 g/mol. The summed E-state index contributed by atoms with van der Waals surface area (Å²) in [5.74, 6) is 0.777. The molecule has 2 aromatic heterocycles. The SMILES string of the molecule is COc1cc(C(=O)N2CCN(c3ncnc4c3cnn4C)CC2)c([N+](=O)[O-])cc1OC. The number of carbonyl (C=O) groups is 1. The predicted octanol–water partition coefficient (Wildman–Crippen LogP) is 1.25. The van der Waals surface area contributed by atoms with E-state index in [4.69, 9.17) is 9.47 Å². The zero-order chi connectivity index (χ0) is 22.1. The summed E-state index contributed by atoms with van der Waals surface area (Å²) < 4.78 is 12.0. The van der Waals surface area contributed by atoms with E-state index in [1.54, 1.807) is 15.8 Å². The second-order valence-corrected chi connectivity index (χ2v) is 6.96. The summed E-state index contributed by atoms with van der Waals surface area (Å²) in [5, 5.41) is 16.6. The molecule has 31 heavy (non-hydrogen) atoms. The van der Waals surface area contributed by atoms with Crippen LogP contribution in [0.15, 0.2) is 24.7 Å². The second kappa shape index (κ2) is 8.05. The Labute approximate surface area is 177 Å². The fourth-order valence-electron chi connectivity index (χ4n) is 3.68. The maximum Gasteiger partial charge on any atom is 0.286 e. The number of anilines is 1. The van der Waals surface area contributed by atoms with Crippen LogP contribution >= 0.6 is 0 Å². The molecule has 3 heterocycles. The number of amides is 1. The second-order valence-electron chi connectivity index (χ2n) is 6.96. The number of aromatic nitrogens is 4. The van der Waals surface area contributed by atoms with Crippen LogP contribution in [0.5, 0.6) is 11.5 Å². The van der Waals surface area contributed by atoms with Crippen LogP contribution in [0, 0.1) is 10.1 Å². The molecule has 0 spiro atoms. The van der Waals surface area contributed by atoms with Gasteiger partial charge in [-0.05, 0) is 0 Å². The molecule has 0 N–H and O–H groups in total. The molecule has 12 nitrogen and oxygen atoms in total. The first-order chi connectivity index (χ1) is 14.9. The van der Waals surface area contributed by atoms with Crippen molar-refractivity contribution in [2.45, 2.75) is 0 Å². The molecular weight excluding hydrogens is 406 g/mol. The lowest BCUT2D eigenvalue weighted by Gasteiger charge is -2.35. The molecule has 12 heteroatoms. The summed E-state index contributed by atoms with van der Waals surface area (Å²) in [5.41, 5.74) is 0.371. The molecule has 1 amide bonds. The highest BCUT2D eigenvalue weighted by Crippen LogP contribution is 2.35. The van der Waals surface area contributed by atoms with Gasteiger partial charge in [0.05, 0.1) is 36.8 Å². The van der Waals surface area contributed by atoms with Crippen molar-refractivity contribution in [1.29, 1.82) is 0 Å². The van der Waals surface area contributed by atoms with E-state index in [2.05, 4.69) is 20.0 Å². The lowest BCUT2D eigenvalue weighted by molar-refractivity contribution is -0.385. The Balaban J connectivity index is 1.56. The Hall–Kier alpha value is -3.96. The number of hydrogen-bond acceptors (Lipinski definition) is 9. The summed E-state index contributed by atoms with van der Waals surface area (Å²) in [6, 6.07) is 2.57. The number of rotatable bonds is 5. The van der Waals surface area contributed by atoms with E-state index in [0.29, 0.717) is 26.2 Å². The summed E-state index contributed by atoms with van der Waals surface area (Å²) >= 11 is 0. The number of benzene rings is 1. The lowest BCUT2D eigenvalue weighted by atomic mass is 10.1. The van der Waals surface area contributed by atoms with Crippen LogP contribution in [0.2, 0.25) is 0 Å². The van der Waals surface area contributed by atoms with E-state index in [-0.39, 0.29) is 22.7 Å². The molecule has 4 rings (SSSR count). The van der Waals surface area contributed by atoms with Crippen LogP contribution < -0.4 is 14.4 Å². The van der Waals surface area contributed by atoms with Gasteiger partial charge in [-0.15, -0.1) is 0 Å². The van der Waals surface area contributed by atoms with Gasteiger partial charge in [0.25, 0.3) is 11.6 Å². The molecule has 162 valence electrons. The lowest BCUT2D eigenvalue weighted by Crippen LogP contribution is -2.49. The van der Waals surface area contributed by atoms with Gasteiger partial charge in [0, 0.05) is 39.3 Å². The minimum atomic E-state index is -0.592. The molecular formula is C19H21N7O5. The first-order valence-corrected chi connectivity index (χ1v) is 9.52. The molecule has 0 bridgehead atoms. The molecule has 0 saturated carbocycles. The quantitative estimate of drug-likeness (QED) is 0.436. The molecule has 1 aliphatic heterocycles. The van der Waals surface area contributed by atoms with Crippen molar-refractivity contribution >= 4 is 28.4 Å². The van der Waals surface area contributed by atoms with Crippen LogP contribution in [-0.4, -0.2) is 75.9 Å². The first kappa shape index (κ1) is 20.3. The average Bonchev–Trinajstić information content (AvgIpc) is 3.18. The molecule has 0 unspecified atom stereocenters. The Morgan fingerprint density at radius 2 is 1.77 bits per heavy atom. The van der Waals surface area contributed by atoms with Crippen molar-refractivity contribution in [1.82, 2.24) is 24.6 Å². The van der Waals surface area contributed by atoms with Gasteiger partial charge in [-0.1, -0.05) is 0 Å². The molecule has 0 atom stereocenters. The van der Waals surface area contributed by atoms with Gasteiger partial charge in [0.2, 0.25) is 0 Å². The summed E-state index contributed by atoms with van der Waals surface area (Å²) in [6.07, 6.45) is 3.21. The molecule has 1 aliphatic rings. The average molecular weight is 427 g/mol. The van der Waals surface area contributed by atoms with Crippen molar-refractivity contribution in [2.24, 2.45) is 7.05 Å². The topological polar surface area (TPSA) is 129 Å². The number of nitro benzene ring substituents is 1. The van der Waals surface area contributed by atoms with E-state index < -0.39 is 10.8 Å². The summed E-state index contributed by atoms with van der Waals surface area (Å²) in [7, 11) is 4.61. The van der Waals surface area contributed by atoms with E-state index in [1.165, 1.54) is 32.7 Å². The van der Waals surface area contributed by atoms with Crippen LogP contribution in [0.3, 0.4) is 0 Å². The highest BCUT2D eigenvalue weighted by atomic mass is 16.6. The zero-order valence-corrected chi connectivity index (χ0v) is 17.3. The molecule has 1 saturated heterocycles. The third-order valence-corrected chi connectivity index (χ3v) is 5.30. The predicted molar refractivity (Wildman–Crippen MR) is 111 cm³/mol. The van der Waals surface area contributed by atoms with Gasteiger partial charge in [-0.2, -0.15) is 5.10 Å². The van der Waals surface area contributed by atoms with Crippen LogP contribution in [0.1, 0.15) is 10.4 Å². The van der Waals surface area contributed by atoms with Crippen LogP contribution in [0.25, 0.3) is 11.0 Å². The van der Waals surface area contributed by atoms with E-state index >= 15 is 0 Å². The van der Waals surface area contributed by atoms with E-state index in [1.807, 2.05) is 7.05 Å². The fraction of sp³-hybridized carbons (Fsp3) is 0.368. The molecule has 1 fully saturated rings. The molecule has 0 radical (unpaired) electrons. The van der Waals surface area contributed by atoms with E-state index in [9.17, 15) is 14.9 Å². The smallest absolute Gasteiger partial charge is 0.286 e. The summed E-state index contributed by atoms with van der Waals surface area (Å²) in [6.45, 7) is 1.81. The minimum Gasteiger partial charge on any atom is -0.493 e. The largest absolute Gasteiger partial charge is 0.493 e. The number of carbonyl (C=O) groups excluding carboxylic acids is 1. The first-order valence-electron chi connectivity index (χ1n) is 9.52. The third kappa shape index (κ3) is 3.56. The number of hydrogen-bond donors (Lipinski definition) is 0. The Kier molecular flexibility index (Phi) is 5.28. The molecule has 0 aliphatic carbocycles. The minimum absolute atomic E-state index is 0.0345. The standard InChI is InChI=1S/C19H21N7O5/c1-23-17-13(10-22-23)18(21-11-20-17)24-4-6-25(7-5-24)19(27)12-8-15(30-2)16(31-3)9-14(12)26(28)29/h8-11H,4-7H2,1-3H3. The van der Waals surface area contributed by atoms with Crippen molar-refractivity contribution < 1.29 is 19.2 Å². The maximum atomic E-state index is 13.1. The maximum absolute atomic E-state index is 13.1. The zero-order valence-electron chi connectivity index (χ0n) is 17.3. The highest BCUT2D eigenvalue weighted by Gasteiger charge is 2.30. The Morgan fingerprint density at radius 1 is 1.10 bits per heavy atom. The van der Waals surface area contributed by atoms with Crippen molar-refractivity contribution in [2.75, 3.05) is 45.3 Å². The third-order valence-electron chi connectivity index (χ3n) is 5.30. The van der Waals surface area contributed by atoms with Gasteiger partial charge in [0.1, 0.15) is 17.7 Å².